The van der Waals surface area contributed by atoms with Crippen molar-refractivity contribution >= 4 is 15.6 Å². The van der Waals surface area contributed by atoms with Crippen LogP contribution in [0.3, 0.4) is 0 Å². The third-order valence-corrected chi connectivity index (χ3v) is 1.33. The quantitative estimate of drug-likeness (QED) is 0.394. The van der Waals surface area contributed by atoms with Crippen LogP contribution in [0.2, 0.25) is 0 Å². The van der Waals surface area contributed by atoms with E-state index in [0.717, 1.165) is 5.56 Å². The zero-order chi connectivity index (χ0) is 8.10. The summed E-state index contributed by atoms with van der Waals surface area (Å²) in [6.45, 7) is 0. The Kier molecular flexibility index (Phi) is 2.87. The summed E-state index contributed by atoms with van der Waals surface area (Å²) in [6.07, 6.45) is 1.66. The van der Waals surface area contributed by atoms with Crippen molar-refractivity contribution < 1.29 is 5.11 Å². The topological polar surface area (TPSA) is 44.6 Å². The molecule has 0 saturated carbocycles. The maximum Gasteiger partial charge on any atom is 0.115 e. The van der Waals surface area contributed by atoms with Crippen molar-refractivity contribution in [2.45, 2.75) is 0 Å². The van der Waals surface area contributed by atoms with Crippen LogP contribution in [0.25, 0.3) is 0 Å². The summed E-state index contributed by atoms with van der Waals surface area (Å²) in [6, 6.07) is 6.79. The van der Waals surface area contributed by atoms with E-state index in [9.17, 15) is 0 Å². The van der Waals surface area contributed by atoms with E-state index < -0.39 is 0 Å². The number of nitrogens with zero attached hydrogens (tertiary/aromatic N) is 1. The highest BCUT2D eigenvalue weighted by Crippen LogP contribution is 2.07. The van der Waals surface area contributed by atoms with E-state index >= 15 is 0 Å². The van der Waals surface area contributed by atoms with Crippen molar-refractivity contribution in [3.63, 3.8) is 0 Å². The maximum absolute atomic E-state index is 8.92. The molecule has 3 nitrogen and oxygen atoms in total. The fourth-order valence-electron chi connectivity index (χ4n) is 0.672. The fourth-order valence-corrected chi connectivity index (χ4v) is 0.747. The van der Waals surface area contributed by atoms with Crippen LogP contribution in [0.5, 0.6) is 5.75 Å². The van der Waals surface area contributed by atoms with Gasteiger partial charge in [-0.3, -0.25) is 5.20 Å². The number of rotatable bonds is 2. The second-order valence-electron chi connectivity index (χ2n) is 1.98. The minimum Gasteiger partial charge on any atom is -0.508 e. The molecule has 0 heterocycles. The molecule has 0 amide bonds. The summed E-state index contributed by atoms with van der Waals surface area (Å²) in [5.41, 5.74) is 0.942. The number of phenolic OH excluding ortho intramolecular Hbond substituents is 1. The molecule has 0 aliphatic carbocycles. The zero-order valence-corrected chi connectivity index (χ0v) is 7.01. The van der Waals surface area contributed by atoms with E-state index in [0.29, 0.717) is 0 Å². The van der Waals surface area contributed by atoms with Crippen LogP contribution in [0.15, 0.2) is 29.4 Å². The smallest absolute Gasteiger partial charge is 0.115 e. The van der Waals surface area contributed by atoms with Gasteiger partial charge >= 0.3 is 0 Å². The van der Waals surface area contributed by atoms with E-state index in [1.807, 2.05) is 0 Å². The molecule has 0 fully saturated rings. The van der Waals surface area contributed by atoms with Gasteiger partial charge in [-0.15, -0.1) is 0 Å². The van der Waals surface area contributed by atoms with Gasteiger partial charge in [-0.2, -0.15) is 5.10 Å². The molecule has 0 spiro atoms. The summed E-state index contributed by atoms with van der Waals surface area (Å²) < 4.78 is 0. The fraction of sp³-hybridized carbons (Fsp3) is 0. The highest BCUT2D eigenvalue weighted by Gasteiger charge is 1.86. The average molecular weight is 168 g/mol. The Morgan fingerprint density at radius 1 is 1.36 bits per heavy atom. The lowest BCUT2D eigenvalue weighted by Crippen LogP contribution is -1.85. The minimum absolute atomic E-state index is 0.265. The van der Waals surface area contributed by atoms with Gasteiger partial charge in [0.25, 0.3) is 0 Å². The summed E-state index contributed by atoms with van der Waals surface area (Å²) in [4.78, 5) is 0. The van der Waals surface area contributed by atoms with Gasteiger partial charge < -0.3 is 5.11 Å². The van der Waals surface area contributed by atoms with Crippen molar-refractivity contribution in [3.8, 4) is 5.75 Å². The molecule has 1 atom stereocenters. The molecule has 0 aromatic heterocycles. The molecule has 1 aromatic rings. The summed E-state index contributed by atoms with van der Waals surface area (Å²) in [5.74, 6) is 0.265. The van der Waals surface area contributed by atoms with Gasteiger partial charge in [0.05, 0.1) is 6.21 Å². The van der Waals surface area contributed by atoms with E-state index in [4.69, 9.17) is 5.11 Å². The predicted octanol–water partition coefficient (Wildman–Crippen LogP) is 1.11. The first-order valence-corrected chi connectivity index (χ1v) is 3.68. The SMILES string of the molecule is Oc1ccc(/C=N/NP)cc1. The Labute approximate surface area is 67.4 Å². The number of hydrogen-bond acceptors (Lipinski definition) is 3. The van der Waals surface area contributed by atoms with E-state index in [1.54, 1.807) is 30.5 Å². The van der Waals surface area contributed by atoms with E-state index in [-0.39, 0.29) is 5.75 Å². The molecular formula is C7H9N2OP. The number of nitrogens with one attached hydrogen (secondary N) is 1. The van der Waals surface area contributed by atoms with Crippen molar-refractivity contribution in [3.05, 3.63) is 29.8 Å². The number of phenols is 1. The van der Waals surface area contributed by atoms with Crippen LogP contribution >= 0.6 is 9.39 Å². The van der Waals surface area contributed by atoms with Crippen molar-refractivity contribution in [2.75, 3.05) is 0 Å². The standard InChI is InChI=1S/C7H9N2OP/c10-7-3-1-6(2-4-7)5-8-9-11/h1-5,9-10H,11H2/b8-5+. The van der Waals surface area contributed by atoms with Crippen LogP contribution in [0.1, 0.15) is 5.56 Å². The Hall–Kier alpha value is -1.08. The Bertz CT molecular complexity index is 245. The largest absolute Gasteiger partial charge is 0.508 e. The molecule has 2 N–H and O–H groups in total. The average Bonchev–Trinajstić information content (AvgIpc) is 2.04. The molecule has 1 rings (SSSR count). The highest BCUT2D eigenvalue weighted by molar-refractivity contribution is 7.13. The number of benzene rings is 1. The first kappa shape index (κ1) is 8.02. The van der Waals surface area contributed by atoms with Crippen LogP contribution < -0.4 is 5.20 Å². The molecule has 1 aromatic carbocycles. The maximum atomic E-state index is 8.92. The molecule has 4 heteroatoms. The molecule has 11 heavy (non-hydrogen) atoms. The van der Waals surface area contributed by atoms with Gasteiger partial charge in [0.2, 0.25) is 0 Å². The first-order valence-electron chi connectivity index (χ1n) is 3.10. The molecular weight excluding hydrogens is 159 g/mol. The number of aromatic hydroxyl groups is 1. The molecule has 0 saturated heterocycles. The molecule has 0 radical (unpaired) electrons. The summed E-state index contributed by atoms with van der Waals surface area (Å²) in [5, 5.41) is 15.3. The van der Waals surface area contributed by atoms with Gasteiger partial charge in [0, 0.05) is 0 Å². The zero-order valence-electron chi connectivity index (χ0n) is 5.86. The lowest BCUT2D eigenvalue weighted by Gasteiger charge is -1.92. The Morgan fingerprint density at radius 2 is 2.00 bits per heavy atom. The van der Waals surface area contributed by atoms with Crippen LogP contribution in [0, 0.1) is 0 Å². The third-order valence-electron chi connectivity index (χ3n) is 1.18. The normalized spacial score (nSPS) is 10.3. The molecule has 1 unspecified atom stereocenters. The third kappa shape index (κ3) is 2.56. The minimum atomic E-state index is 0.265. The predicted molar refractivity (Wildman–Crippen MR) is 48.5 cm³/mol. The Balaban J connectivity index is 2.73. The second-order valence-corrected chi connectivity index (χ2v) is 2.24. The van der Waals surface area contributed by atoms with Crippen LogP contribution in [0.4, 0.5) is 0 Å². The number of hydrazone groups is 1. The molecule has 58 valence electrons. The first-order chi connectivity index (χ1) is 5.33. The second kappa shape index (κ2) is 3.94. The number of hydrogen-bond donors (Lipinski definition) is 2. The van der Waals surface area contributed by atoms with Crippen molar-refractivity contribution in [2.24, 2.45) is 5.10 Å². The van der Waals surface area contributed by atoms with Crippen molar-refractivity contribution in [1.82, 2.24) is 5.20 Å². The van der Waals surface area contributed by atoms with E-state index in [1.165, 1.54) is 0 Å². The van der Waals surface area contributed by atoms with Crippen molar-refractivity contribution in [1.29, 1.82) is 0 Å². The molecule has 0 aliphatic heterocycles. The van der Waals surface area contributed by atoms with Crippen LogP contribution in [-0.2, 0) is 0 Å². The lowest BCUT2D eigenvalue weighted by molar-refractivity contribution is 0.475. The Morgan fingerprint density at radius 3 is 2.55 bits per heavy atom. The summed E-state index contributed by atoms with van der Waals surface area (Å²) in [7, 11) is 2.26. The highest BCUT2D eigenvalue weighted by atomic mass is 31.0. The van der Waals surface area contributed by atoms with Gasteiger partial charge in [0.1, 0.15) is 5.75 Å². The van der Waals surface area contributed by atoms with Gasteiger partial charge in [-0.1, -0.05) is 0 Å². The van der Waals surface area contributed by atoms with E-state index in [2.05, 4.69) is 19.7 Å². The lowest BCUT2D eigenvalue weighted by atomic mass is 10.2. The van der Waals surface area contributed by atoms with Gasteiger partial charge in [-0.25, -0.2) is 0 Å². The molecule has 0 bridgehead atoms. The van der Waals surface area contributed by atoms with Gasteiger partial charge in [-0.05, 0) is 39.2 Å². The van der Waals surface area contributed by atoms with Gasteiger partial charge in [0.15, 0.2) is 0 Å². The monoisotopic (exact) mass is 168 g/mol. The molecule has 0 aliphatic rings. The van der Waals surface area contributed by atoms with Crippen LogP contribution in [-0.4, -0.2) is 11.3 Å². The summed E-state index contributed by atoms with van der Waals surface area (Å²) >= 11 is 0.